The first-order valence-electron chi connectivity index (χ1n) is 6.67. The van der Waals surface area contributed by atoms with E-state index in [1.54, 1.807) is 25.3 Å². The molecule has 110 valence electrons. The Hall–Kier alpha value is -2.49. The number of aryl methyl sites for hydroxylation is 1. The Morgan fingerprint density at radius 1 is 1.14 bits per heavy atom. The second kappa shape index (κ2) is 6.79. The van der Waals surface area contributed by atoms with Crippen LogP contribution >= 0.6 is 0 Å². The summed E-state index contributed by atoms with van der Waals surface area (Å²) < 4.78 is 10.7. The summed E-state index contributed by atoms with van der Waals surface area (Å²) in [5.41, 5.74) is 1.91. The van der Waals surface area contributed by atoms with Crippen molar-refractivity contribution in [2.24, 2.45) is 0 Å². The van der Waals surface area contributed by atoms with Crippen molar-refractivity contribution >= 4 is 5.97 Å². The van der Waals surface area contributed by atoms with Crippen LogP contribution in [0.15, 0.2) is 48.5 Å². The van der Waals surface area contributed by atoms with Crippen LogP contribution in [-0.4, -0.2) is 24.3 Å². The molecular weight excluding hydrogens is 268 g/mol. The first-order valence-corrected chi connectivity index (χ1v) is 6.67. The molecule has 0 saturated carbocycles. The molecule has 4 nitrogen and oxygen atoms in total. The molecule has 21 heavy (non-hydrogen) atoms. The topological polar surface area (TPSA) is 55.8 Å². The van der Waals surface area contributed by atoms with Crippen LogP contribution in [0.3, 0.4) is 0 Å². The van der Waals surface area contributed by atoms with Crippen molar-refractivity contribution in [3.8, 4) is 11.5 Å². The van der Waals surface area contributed by atoms with Crippen molar-refractivity contribution in [3.63, 3.8) is 0 Å². The predicted octanol–water partition coefficient (Wildman–Crippen LogP) is 3.08. The third kappa shape index (κ3) is 4.24. The summed E-state index contributed by atoms with van der Waals surface area (Å²) in [6.07, 6.45) is -0.618. The number of ether oxygens (including phenoxy) is 2. The summed E-state index contributed by atoms with van der Waals surface area (Å²) in [5, 5.41) is 9.32. The molecule has 1 atom stereocenters. The third-order valence-corrected chi connectivity index (χ3v) is 3.12. The first-order chi connectivity index (χ1) is 10.1. The monoisotopic (exact) mass is 286 g/mol. The number of hydrogen-bond donors (Lipinski definition) is 1. The lowest BCUT2D eigenvalue weighted by atomic mass is 10.1. The maximum absolute atomic E-state index is 11.4. The summed E-state index contributed by atoms with van der Waals surface area (Å²) in [7, 11) is 1.59. The Labute approximate surface area is 123 Å². The van der Waals surface area contributed by atoms with E-state index in [1.807, 2.05) is 37.3 Å². The van der Waals surface area contributed by atoms with Gasteiger partial charge in [-0.05, 0) is 42.3 Å². The van der Waals surface area contributed by atoms with E-state index in [0.29, 0.717) is 12.2 Å². The van der Waals surface area contributed by atoms with E-state index in [2.05, 4.69) is 0 Å². The normalized spacial score (nSPS) is 11.7. The fourth-order valence-corrected chi connectivity index (χ4v) is 2.01. The van der Waals surface area contributed by atoms with Crippen molar-refractivity contribution in [2.45, 2.75) is 19.4 Å². The van der Waals surface area contributed by atoms with Gasteiger partial charge in [-0.2, -0.15) is 0 Å². The zero-order valence-electron chi connectivity index (χ0n) is 12.1. The van der Waals surface area contributed by atoms with Gasteiger partial charge in [0.2, 0.25) is 0 Å². The molecule has 0 aliphatic rings. The molecule has 0 bridgehead atoms. The maximum Gasteiger partial charge on any atom is 0.345 e. The number of carboxylic acid groups (broad SMARTS) is 1. The van der Waals surface area contributed by atoms with Gasteiger partial charge in [-0.3, -0.25) is 0 Å². The number of carbonyl (C=O) groups is 1. The van der Waals surface area contributed by atoms with Gasteiger partial charge in [0, 0.05) is 6.42 Å². The zero-order valence-corrected chi connectivity index (χ0v) is 12.1. The molecule has 4 heteroatoms. The van der Waals surface area contributed by atoms with Crippen LogP contribution in [0.1, 0.15) is 11.1 Å². The zero-order chi connectivity index (χ0) is 15.2. The molecule has 2 rings (SSSR count). The largest absolute Gasteiger partial charge is 0.497 e. The van der Waals surface area contributed by atoms with Crippen LogP contribution in [0, 0.1) is 6.92 Å². The van der Waals surface area contributed by atoms with Gasteiger partial charge in [-0.15, -0.1) is 0 Å². The van der Waals surface area contributed by atoms with Crippen LogP contribution in [0.5, 0.6) is 11.5 Å². The van der Waals surface area contributed by atoms with Crippen LogP contribution in [0.25, 0.3) is 0 Å². The van der Waals surface area contributed by atoms with Gasteiger partial charge >= 0.3 is 5.97 Å². The molecule has 0 heterocycles. The molecule has 2 aromatic rings. The number of carboxylic acids is 1. The van der Waals surface area contributed by atoms with Crippen molar-refractivity contribution in [1.82, 2.24) is 0 Å². The van der Waals surface area contributed by atoms with Gasteiger partial charge in [0.05, 0.1) is 7.11 Å². The summed E-state index contributed by atoms with van der Waals surface area (Å²) in [6, 6.07) is 14.7. The molecule has 0 saturated heterocycles. The fraction of sp³-hybridized carbons (Fsp3) is 0.235. The first kappa shape index (κ1) is 14.9. The third-order valence-electron chi connectivity index (χ3n) is 3.12. The second-order valence-corrected chi connectivity index (χ2v) is 4.81. The highest BCUT2D eigenvalue weighted by molar-refractivity contribution is 5.73. The van der Waals surface area contributed by atoms with Crippen molar-refractivity contribution < 1.29 is 19.4 Å². The molecular formula is C17H18O4. The second-order valence-electron chi connectivity index (χ2n) is 4.81. The van der Waals surface area contributed by atoms with Crippen molar-refractivity contribution in [2.75, 3.05) is 7.11 Å². The lowest BCUT2D eigenvalue weighted by molar-refractivity contribution is -0.145. The SMILES string of the molecule is COc1ccc(C[C@H](Oc2cccc(C)c2)C(=O)O)cc1. The Bertz CT molecular complexity index is 604. The van der Waals surface area contributed by atoms with Crippen LogP contribution in [-0.2, 0) is 11.2 Å². The molecule has 2 aromatic carbocycles. The molecule has 1 N–H and O–H groups in total. The number of methoxy groups -OCH3 is 1. The lowest BCUT2D eigenvalue weighted by Gasteiger charge is -2.15. The summed E-state index contributed by atoms with van der Waals surface area (Å²) in [4.78, 5) is 11.4. The number of hydrogen-bond acceptors (Lipinski definition) is 3. The minimum atomic E-state index is -0.979. The van der Waals surface area contributed by atoms with E-state index >= 15 is 0 Å². The highest BCUT2D eigenvalue weighted by Gasteiger charge is 2.20. The number of rotatable bonds is 6. The maximum atomic E-state index is 11.4. The molecule has 0 aliphatic heterocycles. The number of aliphatic carboxylic acids is 1. The smallest absolute Gasteiger partial charge is 0.345 e. The predicted molar refractivity (Wildman–Crippen MR) is 79.9 cm³/mol. The highest BCUT2D eigenvalue weighted by Crippen LogP contribution is 2.18. The Morgan fingerprint density at radius 2 is 1.86 bits per heavy atom. The highest BCUT2D eigenvalue weighted by atomic mass is 16.5. The van der Waals surface area contributed by atoms with E-state index < -0.39 is 12.1 Å². The van der Waals surface area contributed by atoms with E-state index in [1.165, 1.54) is 0 Å². The van der Waals surface area contributed by atoms with E-state index in [-0.39, 0.29) is 0 Å². The summed E-state index contributed by atoms with van der Waals surface area (Å²) in [6.45, 7) is 1.94. The quantitative estimate of drug-likeness (QED) is 0.886. The molecule has 0 radical (unpaired) electrons. The van der Waals surface area contributed by atoms with E-state index in [0.717, 1.165) is 16.9 Å². The van der Waals surface area contributed by atoms with Gasteiger partial charge in [-0.25, -0.2) is 4.79 Å². The Morgan fingerprint density at radius 3 is 2.43 bits per heavy atom. The standard InChI is InChI=1S/C17H18O4/c1-12-4-3-5-15(10-12)21-16(17(18)19)11-13-6-8-14(20-2)9-7-13/h3-10,16H,11H2,1-2H3,(H,18,19)/t16-/m0/s1. The van der Waals surface area contributed by atoms with E-state index in [9.17, 15) is 9.90 Å². The van der Waals surface area contributed by atoms with Crippen LogP contribution in [0.4, 0.5) is 0 Å². The molecule has 0 aromatic heterocycles. The van der Waals surface area contributed by atoms with Gasteiger partial charge < -0.3 is 14.6 Å². The summed E-state index contributed by atoms with van der Waals surface area (Å²) in [5.74, 6) is 0.327. The van der Waals surface area contributed by atoms with Crippen molar-refractivity contribution in [3.05, 3.63) is 59.7 Å². The minimum Gasteiger partial charge on any atom is -0.497 e. The number of benzene rings is 2. The molecule has 0 aliphatic carbocycles. The summed E-state index contributed by atoms with van der Waals surface area (Å²) >= 11 is 0. The Kier molecular flexibility index (Phi) is 4.82. The van der Waals surface area contributed by atoms with Crippen LogP contribution in [0.2, 0.25) is 0 Å². The lowest BCUT2D eigenvalue weighted by Crippen LogP contribution is -2.29. The van der Waals surface area contributed by atoms with Crippen LogP contribution < -0.4 is 9.47 Å². The Balaban J connectivity index is 2.10. The average molecular weight is 286 g/mol. The van der Waals surface area contributed by atoms with Gasteiger partial charge in [0.25, 0.3) is 0 Å². The molecule has 0 amide bonds. The molecule has 0 spiro atoms. The van der Waals surface area contributed by atoms with E-state index in [4.69, 9.17) is 9.47 Å². The van der Waals surface area contributed by atoms with Crippen molar-refractivity contribution in [1.29, 1.82) is 0 Å². The fourth-order valence-electron chi connectivity index (χ4n) is 2.01. The average Bonchev–Trinajstić information content (AvgIpc) is 2.47. The van der Waals surface area contributed by atoms with Gasteiger partial charge in [0.15, 0.2) is 6.10 Å². The minimum absolute atomic E-state index is 0.299. The van der Waals surface area contributed by atoms with Gasteiger partial charge in [0.1, 0.15) is 11.5 Å². The molecule has 0 fully saturated rings. The van der Waals surface area contributed by atoms with Gasteiger partial charge in [-0.1, -0.05) is 24.3 Å². The molecule has 0 unspecified atom stereocenters.